The van der Waals surface area contributed by atoms with Gasteiger partial charge < -0.3 is 5.73 Å². The molecule has 1 unspecified atom stereocenters. The molecular formula is C12H13BrN2S. The Morgan fingerprint density at radius 1 is 1.44 bits per heavy atom. The molecule has 2 aromatic rings. The molecule has 84 valence electrons. The van der Waals surface area contributed by atoms with Crippen molar-refractivity contribution in [3.63, 3.8) is 0 Å². The molecule has 0 spiro atoms. The van der Waals surface area contributed by atoms with Crippen molar-refractivity contribution in [3.05, 3.63) is 50.4 Å². The number of halogens is 1. The van der Waals surface area contributed by atoms with Crippen LogP contribution in [0.4, 0.5) is 0 Å². The fourth-order valence-electron chi connectivity index (χ4n) is 1.65. The maximum Gasteiger partial charge on any atom is 0.0701 e. The Hall–Kier alpha value is -0.710. The number of nitrogens with two attached hydrogens (primary N) is 1. The highest BCUT2D eigenvalue weighted by atomic mass is 79.9. The Morgan fingerprint density at radius 2 is 2.25 bits per heavy atom. The molecule has 2 N–H and O–H groups in total. The summed E-state index contributed by atoms with van der Waals surface area (Å²) in [4.78, 5) is 5.42. The minimum Gasteiger partial charge on any atom is -0.324 e. The lowest BCUT2D eigenvalue weighted by molar-refractivity contribution is 0.720. The molecule has 16 heavy (non-hydrogen) atoms. The van der Waals surface area contributed by atoms with Crippen molar-refractivity contribution in [1.82, 2.24) is 4.98 Å². The van der Waals surface area contributed by atoms with Gasteiger partial charge in [-0.25, -0.2) is 0 Å². The van der Waals surface area contributed by atoms with E-state index in [-0.39, 0.29) is 6.04 Å². The van der Waals surface area contributed by atoms with Gasteiger partial charge in [-0.1, -0.05) is 0 Å². The molecule has 0 saturated carbocycles. The van der Waals surface area contributed by atoms with Crippen molar-refractivity contribution in [2.24, 2.45) is 5.73 Å². The summed E-state index contributed by atoms with van der Waals surface area (Å²) in [5.41, 5.74) is 8.53. The molecule has 2 aromatic heterocycles. The van der Waals surface area contributed by atoms with Crippen LogP contribution in [0.25, 0.3) is 0 Å². The number of aryl methyl sites for hydroxylation is 1. The van der Waals surface area contributed by atoms with Crippen LogP contribution in [0.1, 0.15) is 22.0 Å². The van der Waals surface area contributed by atoms with Gasteiger partial charge >= 0.3 is 0 Å². The van der Waals surface area contributed by atoms with E-state index < -0.39 is 0 Å². The molecule has 0 fully saturated rings. The third-order valence-electron chi connectivity index (χ3n) is 2.53. The molecule has 2 heterocycles. The minimum absolute atomic E-state index is 0.0271. The molecule has 0 radical (unpaired) electrons. The zero-order valence-corrected chi connectivity index (χ0v) is 11.4. The highest BCUT2D eigenvalue weighted by Crippen LogP contribution is 2.26. The van der Waals surface area contributed by atoms with Crippen LogP contribution in [-0.4, -0.2) is 4.98 Å². The van der Waals surface area contributed by atoms with E-state index in [2.05, 4.69) is 40.0 Å². The molecule has 0 aliphatic rings. The van der Waals surface area contributed by atoms with Crippen molar-refractivity contribution in [2.75, 3.05) is 0 Å². The number of thiophene rings is 1. The summed E-state index contributed by atoms with van der Waals surface area (Å²) in [6.45, 7) is 2.07. The van der Waals surface area contributed by atoms with Crippen LogP contribution >= 0.6 is 27.3 Å². The molecule has 1 atom stereocenters. The quantitative estimate of drug-likeness (QED) is 0.942. The first-order valence-corrected chi connectivity index (χ1v) is 6.68. The zero-order valence-electron chi connectivity index (χ0n) is 8.98. The first kappa shape index (κ1) is 11.8. The van der Waals surface area contributed by atoms with Crippen molar-refractivity contribution in [2.45, 2.75) is 19.4 Å². The second-order valence-corrected chi connectivity index (χ2v) is 6.30. The van der Waals surface area contributed by atoms with Gasteiger partial charge in [0.15, 0.2) is 0 Å². The normalized spacial score (nSPS) is 12.7. The highest BCUT2D eigenvalue weighted by molar-refractivity contribution is 9.11. The van der Waals surface area contributed by atoms with Crippen LogP contribution in [0.3, 0.4) is 0 Å². The van der Waals surface area contributed by atoms with E-state index in [1.807, 2.05) is 12.3 Å². The van der Waals surface area contributed by atoms with E-state index in [0.29, 0.717) is 0 Å². The van der Waals surface area contributed by atoms with E-state index in [0.717, 1.165) is 15.8 Å². The van der Waals surface area contributed by atoms with Crippen molar-refractivity contribution in [3.8, 4) is 0 Å². The van der Waals surface area contributed by atoms with Gasteiger partial charge in [0.25, 0.3) is 0 Å². The number of hydrogen-bond donors (Lipinski definition) is 1. The predicted molar refractivity (Wildman–Crippen MR) is 71.6 cm³/mol. The summed E-state index contributed by atoms with van der Waals surface area (Å²) < 4.78 is 1.15. The summed E-state index contributed by atoms with van der Waals surface area (Å²) in [5.74, 6) is 0. The van der Waals surface area contributed by atoms with Crippen LogP contribution in [-0.2, 0) is 6.42 Å². The first-order valence-electron chi connectivity index (χ1n) is 5.07. The second kappa shape index (κ2) is 5.08. The van der Waals surface area contributed by atoms with Crippen LogP contribution in [0.2, 0.25) is 0 Å². The Bertz CT molecular complexity index is 481. The molecule has 0 aromatic carbocycles. The molecule has 0 saturated heterocycles. The van der Waals surface area contributed by atoms with Gasteiger partial charge in [0.2, 0.25) is 0 Å². The summed E-state index contributed by atoms with van der Waals surface area (Å²) in [5, 5.41) is 0. The number of aromatic nitrogens is 1. The van der Waals surface area contributed by atoms with Crippen molar-refractivity contribution in [1.29, 1.82) is 0 Å². The summed E-state index contributed by atoms with van der Waals surface area (Å²) >= 11 is 5.19. The topological polar surface area (TPSA) is 38.9 Å². The third-order valence-corrected chi connectivity index (χ3v) is 4.17. The summed E-state index contributed by atoms with van der Waals surface area (Å²) in [6.07, 6.45) is 4.53. The van der Waals surface area contributed by atoms with Crippen LogP contribution in [0.5, 0.6) is 0 Å². The lowest BCUT2D eigenvalue weighted by atomic mass is 10.0. The van der Waals surface area contributed by atoms with Crippen molar-refractivity contribution >= 4 is 27.3 Å². The van der Waals surface area contributed by atoms with E-state index in [4.69, 9.17) is 5.73 Å². The van der Waals surface area contributed by atoms with Crippen LogP contribution in [0, 0.1) is 6.92 Å². The summed E-state index contributed by atoms with van der Waals surface area (Å²) in [6, 6.07) is 6.20. The maximum atomic E-state index is 6.19. The fraction of sp³-hybridized carbons (Fsp3) is 0.250. The van der Waals surface area contributed by atoms with E-state index in [9.17, 15) is 0 Å². The van der Waals surface area contributed by atoms with Crippen LogP contribution < -0.4 is 5.73 Å². The summed E-state index contributed by atoms with van der Waals surface area (Å²) in [7, 11) is 0. The molecule has 2 nitrogen and oxygen atoms in total. The predicted octanol–water partition coefficient (Wildman–Crippen LogP) is 3.46. The first-order chi connectivity index (χ1) is 7.66. The van der Waals surface area contributed by atoms with Crippen LogP contribution in [0.15, 0.2) is 34.4 Å². The average Bonchev–Trinajstić information content (AvgIpc) is 2.64. The lowest BCUT2D eigenvalue weighted by Gasteiger charge is -2.12. The Kier molecular flexibility index (Phi) is 3.74. The van der Waals surface area contributed by atoms with Gasteiger partial charge in [0.05, 0.1) is 3.79 Å². The molecule has 0 bridgehead atoms. The SMILES string of the molecule is Cc1ccncc1C(N)Cc1ccc(Br)s1. The number of pyridine rings is 1. The van der Waals surface area contributed by atoms with Gasteiger partial charge in [-0.3, -0.25) is 4.98 Å². The number of rotatable bonds is 3. The van der Waals surface area contributed by atoms with Gasteiger partial charge in [-0.2, -0.15) is 0 Å². The third kappa shape index (κ3) is 2.70. The number of hydrogen-bond acceptors (Lipinski definition) is 3. The van der Waals surface area contributed by atoms with Gasteiger partial charge in [-0.05, 0) is 52.2 Å². The van der Waals surface area contributed by atoms with Crippen molar-refractivity contribution < 1.29 is 0 Å². The Morgan fingerprint density at radius 3 is 2.88 bits per heavy atom. The molecule has 0 amide bonds. The minimum atomic E-state index is 0.0271. The molecule has 4 heteroatoms. The molecule has 0 aliphatic heterocycles. The maximum absolute atomic E-state index is 6.19. The fourth-order valence-corrected chi connectivity index (χ4v) is 3.19. The Balaban J connectivity index is 2.14. The van der Waals surface area contributed by atoms with Gasteiger partial charge in [0.1, 0.15) is 0 Å². The van der Waals surface area contributed by atoms with Gasteiger partial charge in [-0.15, -0.1) is 11.3 Å². The zero-order chi connectivity index (χ0) is 11.5. The lowest BCUT2D eigenvalue weighted by Crippen LogP contribution is -2.14. The monoisotopic (exact) mass is 296 g/mol. The van der Waals surface area contributed by atoms with E-state index in [1.54, 1.807) is 17.5 Å². The average molecular weight is 297 g/mol. The number of nitrogens with zero attached hydrogens (tertiary/aromatic N) is 1. The second-order valence-electron chi connectivity index (χ2n) is 3.75. The highest BCUT2D eigenvalue weighted by Gasteiger charge is 2.10. The van der Waals surface area contributed by atoms with E-state index in [1.165, 1.54) is 10.4 Å². The molecule has 2 rings (SSSR count). The van der Waals surface area contributed by atoms with E-state index >= 15 is 0 Å². The van der Waals surface area contributed by atoms with Gasteiger partial charge in [0, 0.05) is 29.7 Å². The smallest absolute Gasteiger partial charge is 0.0701 e. The Labute approximate surface area is 108 Å². The largest absolute Gasteiger partial charge is 0.324 e. The standard InChI is InChI=1S/C12H13BrN2S/c1-8-4-5-15-7-10(8)11(14)6-9-2-3-12(13)16-9/h2-5,7,11H,6,14H2,1H3. The molecule has 0 aliphatic carbocycles. The molecular weight excluding hydrogens is 284 g/mol.